The van der Waals surface area contributed by atoms with Crippen molar-refractivity contribution in [2.75, 3.05) is 74.7 Å². The molecular weight excluding hydrogens is 1280 g/mol. The first-order valence-corrected chi connectivity index (χ1v) is 37.0. The molecule has 5 N–H and O–H groups in total. The van der Waals surface area contributed by atoms with Crippen molar-refractivity contribution in [3.63, 3.8) is 0 Å². The van der Waals surface area contributed by atoms with Crippen LogP contribution in [0.15, 0.2) is 12.2 Å². The summed E-state index contributed by atoms with van der Waals surface area (Å²) in [4.78, 5) is 175. The third kappa shape index (κ3) is 24.3. The highest BCUT2D eigenvalue weighted by Gasteiger charge is 2.48. The summed E-state index contributed by atoms with van der Waals surface area (Å²) < 4.78 is 28.5. The fraction of sp³-hybridized carbons (Fsp3) is 0.817. The van der Waals surface area contributed by atoms with Crippen molar-refractivity contribution in [3.8, 4) is 0 Å². The van der Waals surface area contributed by atoms with Crippen LogP contribution in [0.1, 0.15) is 184 Å². The molecule has 27 heteroatoms. The van der Waals surface area contributed by atoms with E-state index in [4.69, 9.17) is 0 Å². The van der Waals surface area contributed by atoms with Crippen LogP contribution in [-0.4, -0.2) is 270 Å². The van der Waals surface area contributed by atoms with Gasteiger partial charge in [-0.2, -0.15) is 0 Å². The van der Waals surface area contributed by atoms with Crippen LogP contribution in [0, 0.1) is 41.4 Å². The van der Waals surface area contributed by atoms with E-state index in [2.05, 4.69) is 21.3 Å². The van der Waals surface area contributed by atoms with Crippen molar-refractivity contribution in [1.29, 1.82) is 0 Å². The third-order valence-corrected chi connectivity index (χ3v) is 21.7. The Bertz CT molecular complexity index is 2840. The number of amides is 11. The van der Waals surface area contributed by atoms with Gasteiger partial charge in [0.2, 0.25) is 65.0 Å². The summed E-state index contributed by atoms with van der Waals surface area (Å²) in [5.41, 5.74) is 0. The summed E-state index contributed by atoms with van der Waals surface area (Å²) >= 11 is 0. The number of likely N-dealkylation sites (N-methyl/N-ethyl adjacent to an activating group) is 7. The molecule has 0 saturated carbocycles. The molecule has 1 heterocycles. The Morgan fingerprint density at radius 1 is 0.469 bits per heavy atom. The standard InChI is InChI=1S/C71H130N12O14S/c1-29-33-34-47(17)59(84)58-63(88)74-50(30-2)65(90)80(26)55(39-98(96,97)71(20,21)40-83(31-3)32-4)68(93)76(22)52(36-42(7)8)62(87)75-56(45(13)14)69(94)77(23)51(35-41(5)6)61(86)72-48(18)60(85)73-49(19)64(89)78(24)53(37-43(9)10)66(91)79(25)54(38-44(11)12)67(92)81(27)57(46(15)16)70(95)82(58)28/h29,33,41-59,84H,30-32,34-40H2,1-28H3,(H,72,86)(H,73,85)(H,74,88)(H,75,87)/b33-29+/t47-,48+,49-,50+,51+,52+,53+,54+,55-,56+,57+,58+,59-/m1/s1. The molecule has 0 bridgehead atoms. The molecule has 13 atom stereocenters. The van der Waals surface area contributed by atoms with E-state index in [1.165, 1.54) is 96.6 Å². The van der Waals surface area contributed by atoms with Crippen LogP contribution in [-0.2, 0) is 62.6 Å². The maximum Gasteiger partial charge on any atom is 0.246 e. The van der Waals surface area contributed by atoms with Crippen LogP contribution < -0.4 is 21.3 Å². The number of nitrogens with zero attached hydrogens (tertiary/aromatic N) is 8. The quantitative estimate of drug-likeness (QED) is 0.0950. The van der Waals surface area contributed by atoms with Crippen molar-refractivity contribution >= 4 is 74.8 Å². The molecule has 1 fully saturated rings. The second kappa shape index (κ2) is 39.7. The van der Waals surface area contributed by atoms with Gasteiger partial charge in [0.15, 0.2) is 9.84 Å². The topological polar surface area (TPSA) is 316 Å². The maximum atomic E-state index is 15.6. The number of hydrogen-bond acceptors (Lipinski definition) is 15. The average Bonchev–Trinajstić information content (AvgIpc) is 0.824. The number of aliphatic hydroxyl groups is 1. The number of rotatable bonds is 22. The lowest BCUT2D eigenvalue weighted by Gasteiger charge is -2.41. The van der Waals surface area contributed by atoms with E-state index in [0.29, 0.717) is 13.1 Å². The Balaban J connectivity index is 4.72. The lowest BCUT2D eigenvalue weighted by molar-refractivity contribution is -0.157. The van der Waals surface area contributed by atoms with Gasteiger partial charge in [-0.25, -0.2) is 8.42 Å². The SMILES string of the molecule is C/C=C/C[C@@H](C)[C@@H](O)[C@H]1C(=O)N[C@@H](CC)C(=O)N(C)[C@H](CS(=O)(=O)C(C)(C)CN(CC)CC)C(=O)N(C)[C@@H](CC(C)C)C(=O)N[C@@H](C(C)C)C(=O)N(C)[C@@H](CC(C)C)C(=O)N[C@@H](C)C(=O)N[C@H](C)C(=O)N(C)[C@@H](CC(C)C)C(=O)N(C)[C@@H](CC(C)C)C(=O)N(C)[C@@H](C(C)C)C(=O)N1C. The Kier molecular flexibility index (Phi) is 36.4. The molecule has 98 heavy (non-hydrogen) atoms. The van der Waals surface area contributed by atoms with Gasteiger partial charge in [0.25, 0.3) is 0 Å². The van der Waals surface area contributed by atoms with Crippen LogP contribution in [0.4, 0.5) is 0 Å². The van der Waals surface area contributed by atoms with Crippen LogP contribution in [0.2, 0.25) is 0 Å². The molecule has 0 spiro atoms. The summed E-state index contributed by atoms with van der Waals surface area (Å²) in [5, 5.41) is 23.3. The zero-order valence-corrected chi connectivity index (χ0v) is 65.8. The lowest BCUT2D eigenvalue weighted by atomic mass is 9.91. The fourth-order valence-electron chi connectivity index (χ4n) is 12.5. The Morgan fingerprint density at radius 3 is 1.29 bits per heavy atom. The van der Waals surface area contributed by atoms with Crippen molar-refractivity contribution in [1.82, 2.24) is 60.5 Å². The molecule has 1 aliphatic heterocycles. The number of carbonyl (C=O) groups is 11. The number of aliphatic hydroxyl groups excluding tert-OH is 1. The Morgan fingerprint density at radius 2 is 0.857 bits per heavy atom. The van der Waals surface area contributed by atoms with E-state index in [-0.39, 0.29) is 68.7 Å². The van der Waals surface area contributed by atoms with E-state index < -0.39 is 176 Å². The number of hydrogen-bond donors (Lipinski definition) is 5. The molecule has 0 radical (unpaired) electrons. The molecule has 0 aliphatic carbocycles. The second-order valence-electron chi connectivity index (χ2n) is 30.3. The van der Waals surface area contributed by atoms with Crippen molar-refractivity contribution in [3.05, 3.63) is 12.2 Å². The molecule has 26 nitrogen and oxygen atoms in total. The van der Waals surface area contributed by atoms with E-state index in [1.807, 2.05) is 60.3 Å². The van der Waals surface area contributed by atoms with Gasteiger partial charge >= 0.3 is 0 Å². The maximum absolute atomic E-state index is 15.6. The van der Waals surface area contributed by atoms with Gasteiger partial charge in [0, 0.05) is 55.9 Å². The van der Waals surface area contributed by atoms with Gasteiger partial charge in [-0.05, 0) is 128 Å². The molecule has 11 amide bonds. The van der Waals surface area contributed by atoms with Gasteiger partial charge in [-0.3, -0.25) is 52.7 Å². The van der Waals surface area contributed by atoms with E-state index in [1.54, 1.807) is 74.5 Å². The molecule has 564 valence electrons. The van der Waals surface area contributed by atoms with Crippen molar-refractivity contribution < 1.29 is 66.3 Å². The number of sulfone groups is 1. The number of carbonyl (C=O) groups excluding carboxylic acids is 11. The summed E-state index contributed by atoms with van der Waals surface area (Å²) in [7, 11) is 5.14. The first kappa shape index (κ1) is 89.8. The van der Waals surface area contributed by atoms with Gasteiger partial charge in [0.05, 0.1) is 16.6 Å². The molecule has 1 aliphatic rings. The second-order valence-corrected chi connectivity index (χ2v) is 33.0. The predicted octanol–water partition coefficient (Wildman–Crippen LogP) is 4.17. The van der Waals surface area contributed by atoms with E-state index in [9.17, 15) is 24.3 Å². The minimum atomic E-state index is -4.39. The molecule has 0 aromatic carbocycles. The van der Waals surface area contributed by atoms with Crippen molar-refractivity contribution in [2.24, 2.45) is 41.4 Å². The van der Waals surface area contributed by atoms with Gasteiger partial charge in [-0.1, -0.05) is 123 Å². The first-order valence-electron chi connectivity index (χ1n) is 35.4. The van der Waals surface area contributed by atoms with Gasteiger partial charge in [0.1, 0.15) is 66.5 Å². The normalized spacial score (nSPS) is 26.1. The van der Waals surface area contributed by atoms with E-state index >= 15 is 42.0 Å². The molecule has 1 rings (SSSR count). The largest absolute Gasteiger partial charge is 0.390 e. The first-order chi connectivity index (χ1) is 45.1. The van der Waals surface area contributed by atoms with Gasteiger partial charge in [-0.15, -0.1) is 0 Å². The monoisotopic (exact) mass is 1410 g/mol. The number of allylic oxidation sites excluding steroid dienone is 2. The molecular formula is C71H130N12O14S. The molecule has 0 unspecified atom stereocenters. The van der Waals surface area contributed by atoms with E-state index in [0.717, 1.165) is 14.7 Å². The van der Waals surface area contributed by atoms with Crippen LogP contribution in [0.3, 0.4) is 0 Å². The molecule has 0 aromatic rings. The zero-order valence-electron chi connectivity index (χ0n) is 64.9. The lowest BCUT2D eigenvalue weighted by Crippen LogP contribution is -2.64. The van der Waals surface area contributed by atoms with Crippen molar-refractivity contribution in [2.45, 2.75) is 261 Å². The highest BCUT2D eigenvalue weighted by atomic mass is 32.2. The zero-order chi connectivity index (χ0) is 76.3. The Labute approximate surface area is 588 Å². The van der Waals surface area contributed by atoms with Crippen LogP contribution in [0.25, 0.3) is 0 Å². The smallest absolute Gasteiger partial charge is 0.246 e. The minimum absolute atomic E-state index is 0.0176. The summed E-state index contributed by atoms with van der Waals surface area (Å²) in [6.07, 6.45) is 2.33. The van der Waals surface area contributed by atoms with Crippen LogP contribution in [0.5, 0.6) is 0 Å². The molecule has 0 aromatic heterocycles. The average molecular weight is 1410 g/mol. The molecule has 1 saturated heterocycles. The van der Waals surface area contributed by atoms with Crippen LogP contribution >= 0.6 is 0 Å². The highest BCUT2D eigenvalue weighted by Crippen LogP contribution is 2.28. The highest BCUT2D eigenvalue weighted by molar-refractivity contribution is 7.92. The summed E-state index contributed by atoms with van der Waals surface area (Å²) in [6.45, 7) is 37.2. The Hall–Kier alpha value is -6.22. The third-order valence-electron chi connectivity index (χ3n) is 19.1. The number of nitrogens with one attached hydrogen (secondary N) is 4. The predicted molar refractivity (Wildman–Crippen MR) is 383 cm³/mol. The summed E-state index contributed by atoms with van der Waals surface area (Å²) in [5.74, 6) is -12.4. The summed E-state index contributed by atoms with van der Waals surface area (Å²) in [6, 6.07) is -15.3. The minimum Gasteiger partial charge on any atom is -0.390 e. The van der Waals surface area contributed by atoms with Gasteiger partial charge < -0.3 is 65.6 Å². The fourth-order valence-corrected chi connectivity index (χ4v) is 14.1.